The van der Waals surface area contributed by atoms with Gasteiger partial charge in [-0.3, -0.25) is 14.4 Å². The Bertz CT molecular complexity index is 464. The van der Waals surface area contributed by atoms with Crippen LogP contribution in [0.5, 0.6) is 0 Å². The molecule has 2 N–H and O–H groups in total. The Balaban J connectivity index is 1.99. The largest absolute Gasteiger partial charge is 0.383 e. The van der Waals surface area contributed by atoms with Crippen LogP contribution in [0.25, 0.3) is 0 Å². The number of aliphatic hydroxyl groups is 1. The highest BCUT2D eigenvalue weighted by Gasteiger charge is 2.57. The van der Waals surface area contributed by atoms with Crippen molar-refractivity contribution in [1.82, 2.24) is 10.2 Å². The zero-order valence-corrected chi connectivity index (χ0v) is 11.5. The number of carbonyl (C=O) groups is 3. The average Bonchev–Trinajstić information content (AvgIpc) is 2.41. The van der Waals surface area contributed by atoms with Gasteiger partial charge in [-0.15, -0.1) is 0 Å². The first-order chi connectivity index (χ1) is 9.56. The first kappa shape index (κ1) is 13.5. The van der Waals surface area contributed by atoms with Crippen LogP contribution in [-0.4, -0.2) is 52.3 Å². The van der Waals surface area contributed by atoms with Crippen LogP contribution in [0.1, 0.15) is 32.6 Å². The quantitative estimate of drug-likeness (QED) is 0.679. The second-order valence-electron chi connectivity index (χ2n) is 6.00. The number of nitrogens with one attached hydrogen (secondary N) is 1. The summed E-state index contributed by atoms with van der Waals surface area (Å²) < 4.78 is 0. The molecule has 6 rings (SSSR count). The van der Waals surface area contributed by atoms with E-state index >= 15 is 0 Å². The summed E-state index contributed by atoms with van der Waals surface area (Å²) in [6.07, 6.45) is 1.90. The van der Waals surface area contributed by atoms with Gasteiger partial charge in [-0.2, -0.15) is 0 Å². The standard InChI is InChI=1S/C14H20N2O4/c1-2-3-6-16-8-5-4-7(14(16)20)10-12(18)11(17)9(8)13(19)15-10/h7-10,12,18H,2-6H2,1H3,(H,15,19)/t7-,8+,9-,10+,12+/m1/s1. The second-order valence-corrected chi connectivity index (χ2v) is 6.00. The van der Waals surface area contributed by atoms with Crippen molar-refractivity contribution in [3.8, 4) is 0 Å². The van der Waals surface area contributed by atoms with Crippen LogP contribution in [-0.2, 0) is 14.4 Å². The van der Waals surface area contributed by atoms with Crippen LogP contribution >= 0.6 is 0 Å². The van der Waals surface area contributed by atoms with Gasteiger partial charge in [0, 0.05) is 6.54 Å². The molecule has 5 aliphatic heterocycles. The van der Waals surface area contributed by atoms with Gasteiger partial charge in [0.15, 0.2) is 5.78 Å². The molecule has 0 aromatic heterocycles. The Morgan fingerprint density at radius 2 is 2.05 bits per heavy atom. The van der Waals surface area contributed by atoms with Crippen LogP contribution in [0, 0.1) is 11.8 Å². The molecule has 0 unspecified atom stereocenters. The maximum absolute atomic E-state index is 12.6. The summed E-state index contributed by atoms with van der Waals surface area (Å²) in [6, 6.07) is -1.13. The highest BCUT2D eigenvalue weighted by atomic mass is 16.3. The zero-order chi connectivity index (χ0) is 14.4. The van der Waals surface area contributed by atoms with Crippen molar-refractivity contribution >= 4 is 17.6 Å². The number of piperidine rings is 2. The van der Waals surface area contributed by atoms with Gasteiger partial charge in [-0.1, -0.05) is 13.3 Å². The molecule has 5 atom stereocenters. The highest BCUT2D eigenvalue weighted by Crippen LogP contribution is 2.38. The number of Topliss-reactive ketones (excluding diaryl/α,β-unsaturated/α-hetero) is 1. The monoisotopic (exact) mass is 280 g/mol. The third-order valence-corrected chi connectivity index (χ3v) is 4.87. The van der Waals surface area contributed by atoms with Crippen molar-refractivity contribution in [1.29, 1.82) is 0 Å². The minimum Gasteiger partial charge on any atom is -0.383 e. The fraction of sp³-hybridized carbons (Fsp3) is 0.786. The summed E-state index contributed by atoms with van der Waals surface area (Å²) in [6.45, 7) is 2.64. The predicted molar refractivity (Wildman–Crippen MR) is 69.6 cm³/mol. The van der Waals surface area contributed by atoms with Crippen molar-refractivity contribution in [3.05, 3.63) is 0 Å². The number of amides is 2. The van der Waals surface area contributed by atoms with Gasteiger partial charge in [-0.05, 0) is 19.3 Å². The van der Waals surface area contributed by atoms with Gasteiger partial charge < -0.3 is 15.3 Å². The van der Waals surface area contributed by atoms with Crippen LogP contribution < -0.4 is 5.32 Å². The lowest BCUT2D eigenvalue weighted by atomic mass is 9.69. The van der Waals surface area contributed by atoms with E-state index < -0.39 is 29.8 Å². The van der Waals surface area contributed by atoms with E-state index in [-0.39, 0.29) is 17.9 Å². The minimum absolute atomic E-state index is 0.0174. The molecule has 6 fully saturated rings. The summed E-state index contributed by atoms with van der Waals surface area (Å²) in [5, 5.41) is 12.7. The molecule has 5 saturated heterocycles. The van der Waals surface area contributed by atoms with E-state index in [0.29, 0.717) is 19.4 Å². The number of aliphatic hydroxyl groups excluding tert-OH is 1. The number of carbonyl (C=O) groups excluding carboxylic acids is 3. The Hall–Kier alpha value is -1.43. The minimum atomic E-state index is -1.23. The third-order valence-electron chi connectivity index (χ3n) is 4.87. The average molecular weight is 280 g/mol. The molecule has 0 aromatic carbocycles. The molecule has 0 aromatic rings. The normalized spacial score (nSPS) is 39.8. The van der Waals surface area contributed by atoms with Gasteiger partial charge in [0.1, 0.15) is 12.0 Å². The molecule has 0 radical (unpaired) electrons. The molecule has 6 heteroatoms. The fourth-order valence-corrected chi connectivity index (χ4v) is 3.80. The van der Waals surface area contributed by atoms with Gasteiger partial charge in [0.25, 0.3) is 0 Å². The van der Waals surface area contributed by atoms with E-state index in [1.54, 1.807) is 4.90 Å². The Morgan fingerprint density at radius 1 is 1.30 bits per heavy atom. The second kappa shape index (κ2) is 4.84. The summed E-state index contributed by atoms with van der Waals surface area (Å²) in [7, 11) is 0. The van der Waals surface area contributed by atoms with Crippen LogP contribution in [0.4, 0.5) is 0 Å². The Morgan fingerprint density at radius 3 is 2.75 bits per heavy atom. The van der Waals surface area contributed by atoms with E-state index in [2.05, 4.69) is 5.32 Å². The first-order valence-electron chi connectivity index (χ1n) is 7.39. The van der Waals surface area contributed by atoms with Gasteiger partial charge in [0.05, 0.1) is 18.0 Å². The molecule has 5 heterocycles. The van der Waals surface area contributed by atoms with E-state index in [9.17, 15) is 19.5 Å². The SMILES string of the molecule is CCCCN1C(=O)[C@@H]2CC[C@H]1[C@H]1C(=O)N[C@@H]2[C@H](O)C1=O. The number of rotatable bonds is 3. The summed E-state index contributed by atoms with van der Waals surface area (Å²) >= 11 is 0. The fourth-order valence-electron chi connectivity index (χ4n) is 3.80. The van der Waals surface area contributed by atoms with Crippen molar-refractivity contribution in [2.24, 2.45) is 11.8 Å². The summed E-state index contributed by atoms with van der Waals surface area (Å²) in [5.41, 5.74) is 0. The molecule has 2 amide bonds. The van der Waals surface area contributed by atoms with Crippen molar-refractivity contribution < 1.29 is 19.5 Å². The van der Waals surface area contributed by atoms with E-state index in [0.717, 1.165) is 12.8 Å². The van der Waals surface area contributed by atoms with Crippen molar-refractivity contribution in [2.45, 2.75) is 50.8 Å². The maximum atomic E-state index is 12.6. The van der Waals surface area contributed by atoms with E-state index in [1.807, 2.05) is 6.92 Å². The maximum Gasteiger partial charge on any atom is 0.233 e. The highest BCUT2D eigenvalue weighted by molar-refractivity contribution is 6.08. The first-order valence-corrected chi connectivity index (χ1v) is 7.39. The summed E-state index contributed by atoms with van der Waals surface area (Å²) in [5.74, 6) is -2.12. The lowest BCUT2D eigenvalue weighted by molar-refractivity contribution is -0.166. The molecule has 1 aliphatic carbocycles. The molecular weight excluding hydrogens is 260 g/mol. The number of nitrogens with zero attached hydrogens (tertiary/aromatic N) is 1. The molecule has 4 bridgehead atoms. The number of unbranched alkanes of at least 4 members (excludes halogenated alkanes) is 1. The van der Waals surface area contributed by atoms with Gasteiger partial charge in [0.2, 0.25) is 11.8 Å². The number of ketones is 1. The van der Waals surface area contributed by atoms with Gasteiger partial charge in [-0.25, -0.2) is 0 Å². The molecule has 6 nitrogen and oxygen atoms in total. The molecule has 0 spiro atoms. The lowest BCUT2D eigenvalue weighted by Crippen LogP contribution is -2.72. The smallest absolute Gasteiger partial charge is 0.233 e. The van der Waals surface area contributed by atoms with Crippen LogP contribution in [0.2, 0.25) is 0 Å². The zero-order valence-electron chi connectivity index (χ0n) is 11.5. The Labute approximate surface area is 117 Å². The van der Waals surface area contributed by atoms with E-state index in [4.69, 9.17) is 0 Å². The predicted octanol–water partition coefficient (Wildman–Crippen LogP) is -0.548. The number of hydrogen-bond donors (Lipinski definition) is 2. The molecular formula is C14H20N2O4. The Kier molecular flexibility index (Phi) is 3.28. The third kappa shape index (κ3) is 1.78. The molecule has 110 valence electrons. The van der Waals surface area contributed by atoms with E-state index in [1.165, 1.54) is 0 Å². The molecule has 6 aliphatic rings. The number of hydrogen-bond acceptors (Lipinski definition) is 4. The summed E-state index contributed by atoms with van der Waals surface area (Å²) in [4.78, 5) is 38.6. The lowest BCUT2D eigenvalue weighted by Gasteiger charge is -2.51. The van der Waals surface area contributed by atoms with Crippen LogP contribution in [0.3, 0.4) is 0 Å². The van der Waals surface area contributed by atoms with Crippen LogP contribution in [0.15, 0.2) is 0 Å². The van der Waals surface area contributed by atoms with Crippen molar-refractivity contribution in [3.63, 3.8) is 0 Å². The topological polar surface area (TPSA) is 86.7 Å². The van der Waals surface area contributed by atoms with Gasteiger partial charge >= 0.3 is 0 Å². The van der Waals surface area contributed by atoms with Crippen molar-refractivity contribution in [2.75, 3.05) is 6.54 Å². The molecule has 20 heavy (non-hydrogen) atoms. The molecule has 1 saturated carbocycles.